The molecule has 3 aliphatic carbocycles. The molecule has 4 aliphatic rings. The Morgan fingerprint density at radius 2 is 1.64 bits per heavy atom. The summed E-state index contributed by atoms with van der Waals surface area (Å²) in [7, 11) is 0. The van der Waals surface area contributed by atoms with Crippen LogP contribution in [0.3, 0.4) is 0 Å². The number of benzene rings is 4. The van der Waals surface area contributed by atoms with Crippen LogP contribution >= 0.6 is 11.8 Å². The Hall–Kier alpha value is -4.93. The molecule has 0 spiro atoms. The number of fused-ring (bicyclic) bond motifs is 9. The fourth-order valence-electron chi connectivity index (χ4n) is 8.49. The first-order valence-electron chi connectivity index (χ1n) is 16.7. The minimum Gasteiger partial charge on any atom is -0.312 e. The number of nitrogens with zero attached hydrogens (tertiary/aromatic N) is 3. The summed E-state index contributed by atoms with van der Waals surface area (Å²) >= 11 is 2.07. The van der Waals surface area contributed by atoms with Crippen LogP contribution in [0.25, 0.3) is 55.4 Å². The first-order chi connectivity index (χ1) is 23.1. The molecular formula is C43H33N3S. The van der Waals surface area contributed by atoms with Crippen molar-refractivity contribution < 1.29 is 0 Å². The number of hydrogen-bond donors (Lipinski definition) is 0. The zero-order valence-corrected chi connectivity index (χ0v) is 27.3. The van der Waals surface area contributed by atoms with Crippen molar-refractivity contribution in [1.29, 1.82) is 0 Å². The van der Waals surface area contributed by atoms with Gasteiger partial charge in [-0.25, -0.2) is 9.97 Å². The molecule has 4 heteroatoms. The molecule has 0 fully saturated rings. The molecule has 47 heavy (non-hydrogen) atoms. The van der Waals surface area contributed by atoms with Crippen molar-refractivity contribution >= 4 is 50.1 Å². The molecular weight excluding hydrogens is 591 g/mol. The highest BCUT2D eigenvalue weighted by Crippen LogP contribution is 2.67. The molecule has 226 valence electrons. The van der Waals surface area contributed by atoms with Gasteiger partial charge in [-0.2, -0.15) is 0 Å². The first kappa shape index (κ1) is 27.2. The van der Waals surface area contributed by atoms with Crippen molar-refractivity contribution in [3.8, 4) is 17.1 Å². The summed E-state index contributed by atoms with van der Waals surface area (Å²) in [5.74, 6) is 1.11. The van der Waals surface area contributed by atoms with Crippen molar-refractivity contribution in [1.82, 2.24) is 14.5 Å². The maximum absolute atomic E-state index is 5.23. The van der Waals surface area contributed by atoms with E-state index in [0.717, 1.165) is 46.5 Å². The van der Waals surface area contributed by atoms with Gasteiger partial charge in [-0.3, -0.25) is 0 Å². The van der Waals surface area contributed by atoms with Crippen LogP contribution in [-0.2, 0) is 5.41 Å². The van der Waals surface area contributed by atoms with Gasteiger partial charge in [-0.05, 0) is 59.4 Å². The van der Waals surface area contributed by atoms with E-state index in [-0.39, 0.29) is 5.41 Å². The summed E-state index contributed by atoms with van der Waals surface area (Å²) in [4.78, 5) is 11.8. The third-order valence-corrected chi connectivity index (χ3v) is 12.0. The molecule has 6 aromatic rings. The van der Waals surface area contributed by atoms with Crippen molar-refractivity contribution in [2.24, 2.45) is 5.92 Å². The fraction of sp³-hybridized carbons (Fsp3) is 0.163. The van der Waals surface area contributed by atoms with E-state index in [1.165, 1.54) is 43.8 Å². The molecule has 3 heterocycles. The smallest absolute Gasteiger partial charge is 0.160 e. The highest BCUT2D eigenvalue weighted by molar-refractivity contribution is 8.08. The van der Waals surface area contributed by atoms with Gasteiger partial charge in [-0.1, -0.05) is 117 Å². The molecule has 3 nitrogen and oxygen atoms in total. The second-order valence-corrected chi connectivity index (χ2v) is 14.7. The summed E-state index contributed by atoms with van der Waals surface area (Å²) < 4.78 is 2.53. The van der Waals surface area contributed by atoms with E-state index in [9.17, 15) is 0 Å². The Balaban J connectivity index is 1.14. The van der Waals surface area contributed by atoms with Crippen molar-refractivity contribution in [3.63, 3.8) is 0 Å². The van der Waals surface area contributed by atoms with E-state index in [2.05, 4.69) is 158 Å². The molecule has 10 rings (SSSR count). The molecule has 2 aromatic heterocycles. The minimum atomic E-state index is 0.00500. The zero-order chi connectivity index (χ0) is 31.3. The number of aromatic nitrogens is 3. The van der Waals surface area contributed by atoms with E-state index in [0.29, 0.717) is 11.2 Å². The number of allylic oxidation sites excluding steroid dienone is 6. The van der Waals surface area contributed by atoms with Gasteiger partial charge in [0.25, 0.3) is 0 Å². The van der Waals surface area contributed by atoms with Crippen LogP contribution in [0.4, 0.5) is 0 Å². The topological polar surface area (TPSA) is 30.7 Å². The Labute approximate surface area is 279 Å². The highest BCUT2D eigenvalue weighted by atomic mass is 32.2. The Morgan fingerprint density at radius 3 is 2.53 bits per heavy atom. The van der Waals surface area contributed by atoms with Crippen LogP contribution in [0.1, 0.15) is 60.0 Å². The lowest BCUT2D eigenvalue weighted by atomic mass is 9.73. The summed E-state index contributed by atoms with van der Waals surface area (Å²) in [6.07, 6.45) is 13.8. The van der Waals surface area contributed by atoms with Gasteiger partial charge in [0.2, 0.25) is 0 Å². The minimum absolute atomic E-state index is 0.00500. The fourth-order valence-corrected chi connectivity index (χ4v) is 10.3. The Bertz CT molecular complexity index is 2440. The lowest BCUT2D eigenvalue weighted by molar-refractivity contribution is 0.551. The monoisotopic (exact) mass is 623 g/mol. The lowest BCUT2D eigenvalue weighted by Gasteiger charge is -2.33. The van der Waals surface area contributed by atoms with E-state index >= 15 is 0 Å². The van der Waals surface area contributed by atoms with Gasteiger partial charge < -0.3 is 4.57 Å². The summed E-state index contributed by atoms with van der Waals surface area (Å²) in [5.41, 5.74) is 13.8. The molecule has 2 atom stereocenters. The average Bonchev–Trinajstić information content (AvgIpc) is 3.75. The molecule has 0 amide bonds. The number of thioether (sulfide) groups is 1. The number of hydrogen-bond acceptors (Lipinski definition) is 3. The molecule has 0 saturated heterocycles. The molecule has 2 unspecified atom stereocenters. The molecule has 0 saturated carbocycles. The number of para-hydroxylation sites is 2. The first-order valence-corrected chi connectivity index (χ1v) is 17.5. The van der Waals surface area contributed by atoms with E-state index in [4.69, 9.17) is 9.97 Å². The number of rotatable bonds is 3. The third kappa shape index (κ3) is 3.88. The van der Waals surface area contributed by atoms with Crippen molar-refractivity contribution in [3.05, 3.63) is 155 Å². The van der Waals surface area contributed by atoms with Crippen LogP contribution in [0.15, 0.2) is 127 Å². The predicted molar refractivity (Wildman–Crippen MR) is 197 cm³/mol. The summed E-state index contributed by atoms with van der Waals surface area (Å²) in [5, 5.41) is 2.70. The standard InChI is InChI=1S/C43H33N3S/c1-43(2)34-20-9-6-18-31(34)40-37(43)33-24-23-30-29-17-8-11-22-36(29)46(39(30)41(33)47-40)28-16-12-15-27(25-28)42-44-35-21-10-7-19-32(35)38(45-42)26-13-4-3-5-14-26/h4,6-25,33,41H,3,5H2,1-2H3. The second-order valence-electron chi connectivity index (χ2n) is 13.6. The largest absolute Gasteiger partial charge is 0.312 e. The molecule has 0 N–H and O–H groups in total. The van der Waals surface area contributed by atoms with Crippen LogP contribution in [0.2, 0.25) is 0 Å². The van der Waals surface area contributed by atoms with Crippen molar-refractivity contribution in [2.45, 2.75) is 37.4 Å². The van der Waals surface area contributed by atoms with Gasteiger partial charge in [0.05, 0.1) is 22.0 Å². The molecule has 0 radical (unpaired) electrons. The summed E-state index contributed by atoms with van der Waals surface area (Å²) in [6.45, 7) is 4.83. The van der Waals surface area contributed by atoms with Gasteiger partial charge in [-0.15, -0.1) is 11.8 Å². The van der Waals surface area contributed by atoms with Gasteiger partial charge in [0.15, 0.2) is 5.82 Å². The molecule has 4 aromatic carbocycles. The quantitative estimate of drug-likeness (QED) is 0.196. The third-order valence-electron chi connectivity index (χ3n) is 10.6. The van der Waals surface area contributed by atoms with Gasteiger partial charge in [0.1, 0.15) is 0 Å². The zero-order valence-electron chi connectivity index (χ0n) is 26.4. The Kier molecular flexibility index (Phi) is 5.81. The molecule has 1 aliphatic heterocycles. The SMILES string of the molecule is CC1(C)C2=C(SC3c4c(c5ccccc5n4-c4cccc(-c5nc(C6=CCCC=C6)c6ccccc6n5)c4)C=CC23)c2ccccc21. The van der Waals surface area contributed by atoms with Crippen LogP contribution in [-0.4, -0.2) is 14.5 Å². The second kappa shape index (κ2) is 10.0. The lowest BCUT2D eigenvalue weighted by Crippen LogP contribution is -2.25. The van der Waals surface area contributed by atoms with E-state index in [1.54, 1.807) is 5.57 Å². The normalized spacial score (nSPS) is 20.3. The predicted octanol–water partition coefficient (Wildman–Crippen LogP) is 11.1. The highest BCUT2D eigenvalue weighted by Gasteiger charge is 2.50. The van der Waals surface area contributed by atoms with Crippen LogP contribution < -0.4 is 0 Å². The van der Waals surface area contributed by atoms with Crippen molar-refractivity contribution in [2.75, 3.05) is 0 Å². The molecule has 0 bridgehead atoms. The average molecular weight is 624 g/mol. The van der Waals surface area contributed by atoms with E-state index < -0.39 is 0 Å². The maximum Gasteiger partial charge on any atom is 0.160 e. The Morgan fingerprint density at radius 1 is 0.809 bits per heavy atom. The van der Waals surface area contributed by atoms with Crippen LogP contribution in [0.5, 0.6) is 0 Å². The summed E-state index contributed by atoms with van der Waals surface area (Å²) in [6, 6.07) is 35.2. The van der Waals surface area contributed by atoms with Gasteiger partial charge >= 0.3 is 0 Å². The maximum atomic E-state index is 5.23. The van der Waals surface area contributed by atoms with E-state index in [1.807, 2.05) is 0 Å². The van der Waals surface area contributed by atoms with Gasteiger partial charge in [0, 0.05) is 49.5 Å². The van der Waals surface area contributed by atoms with Crippen LogP contribution in [0, 0.1) is 5.92 Å².